The van der Waals surface area contributed by atoms with Gasteiger partial charge in [0.25, 0.3) is 0 Å². The highest BCUT2D eigenvalue weighted by atomic mass is 32.2. The average molecular weight is 321 g/mol. The van der Waals surface area contributed by atoms with E-state index in [0.717, 1.165) is 30.7 Å². The summed E-state index contributed by atoms with van der Waals surface area (Å²) in [5.74, 6) is 1.43. The van der Waals surface area contributed by atoms with Crippen molar-refractivity contribution < 1.29 is 4.79 Å². The predicted molar refractivity (Wildman–Crippen MR) is 96.2 cm³/mol. The molecule has 4 heteroatoms. The molecule has 0 spiro atoms. The molecule has 1 amide bonds. The maximum atomic E-state index is 12.3. The van der Waals surface area contributed by atoms with E-state index in [0.29, 0.717) is 17.6 Å². The van der Waals surface area contributed by atoms with E-state index in [-0.39, 0.29) is 11.9 Å². The number of amides is 1. The summed E-state index contributed by atoms with van der Waals surface area (Å²) in [6.07, 6.45) is 3.84. The zero-order chi connectivity index (χ0) is 16.1. The van der Waals surface area contributed by atoms with Gasteiger partial charge in [0.05, 0.1) is 0 Å². The zero-order valence-corrected chi connectivity index (χ0v) is 14.7. The van der Waals surface area contributed by atoms with Gasteiger partial charge in [0.2, 0.25) is 5.91 Å². The third kappa shape index (κ3) is 4.75. The third-order valence-electron chi connectivity index (χ3n) is 4.46. The van der Waals surface area contributed by atoms with E-state index in [1.54, 1.807) is 0 Å². The third-order valence-corrected chi connectivity index (χ3v) is 5.60. The van der Waals surface area contributed by atoms with Gasteiger partial charge in [0, 0.05) is 23.9 Å². The zero-order valence-electron chi connectivity index (χ0n) is 13.9. The van der Waals surface area contributed by atoms with Crippen molar-refractivity contribution in [2.45, 2.75) is 63.5 Å². The minimum Gasteiger partial charge on any atom is -0.327 e. The molecule has 0 saturated heterocycles. The van der Waals surface area contributed by atoms with Crippen LogP contribution in [0.5, 0.6) is 0 Å². The number of carbonyl (C=O) groups is 1. The van der Waals surface area contributed by atoms with Crippen LogP contribution < -0.4 is 11.1 Å². The SMILES string of the molecule is Cc1c(CSC(C)C)cccc1NC(=O)C[C@@H]1CCC[C@H]1N. The molecule has 1 aromatic carbocycles. The van der Waals surface area contributed by atoms with Gasteiger partial charge in [-0.05, 0) is 48.1 Å². The molecule has 0 aliphatic heterocycles. The van der Waals surface area contributed by atoms with E-state index in [2.05, 4.69) is 32.2 Å². The van der Waals surface area contributed by atoms with Crippen LogP contribution in [0.3, 0.4) is 0 Å². The molecular formula is C18H28N2OS. The standard InChI is InChI=1S/C18H28N2OS/c1-12(2)22-11-15-7-5-9-17(13(15)3)20-18(21)10-14-6-4-8-16(14)19/h5,7,9,12,14,16H,4,6,8,10-11,19H2,1-3H3,(H,20,21)/t14-,16+/m0/s1. The number of anilines is 1. The molecule has 1 aliphatic rings. The fraction of sp³-hybridized carbons (Fsp3) is 0.611. The Balaban J connectivity index is 1.96. The van der Waals surface area contributed by atoms with Crippen molar-refractivity contribution in [1.29, 1.82) is 0 Å². The lowest BCUT2D eigenvalue weighted by Crippen LogP contribution is -2.28. The summed E-state index contributed by atoms with van der Waals surface area (Å²) in [4.78, 5) is 12.3. The second-order valence-electron chi connectivity index (χ2n) is 6.56. The summed E-state index contributed by atoms with van der Waals surface area (Å²) in [5.41, 5.74) is 9.48. The number of hydrogen-bond donors (Lipinski definition) is 2. The van der Waals surface area contributed by atoms with Gasteiger partial charge in [-0.3, -0.25) is 4.79 Å². The first-order chi connectivity index (χ1) is 10.5. The summed E-state index contributed by atoms with van der Waals surface area (Å²) < 4.78 is 0. The highest BCUT2D eigenvalue weighted by Crippen LogP contribution is 2.28. The molecule has 2 rings (SSSR count). The van der Waals surface area contributed by atoms with Crippen LogP contribution in [-0.2, 0) is 10.5 Å². The van der Waals surface area contributed by atoms with Gasteiger partial charge in [0.1, 0.15) is 0 Å². The van der Waals surface area contributed by atoms with Crippen molar-refractivity contribution in [3.05, 3.63) is 29.3 Å². The van der Waals surface area contributed by atoms with Gasteiger partial charge in [-0.2, -0.15) is 11.8 Å². The summed E-state index contributed by atoms with van der Waals surface area (Å²) >= 11 is 1.92. The monoisotopic (exact) mass is 320 g/mol. The molecule has 1 fully saturated rings. The summed E-state index contributed by atoms with van der Waals surface area (Å²) in [6.45, 7) is 6.50. The van der Waals surface area contributed by atoms with Gasteiger partial charge in [-0.25, -0.2) is 0 Å². The Bertz CT molecular complexity index is 516. The highest BCUT2D eigenvalue weighted by Gasteiger charge is 2.26. The van der Waals surface area contributed by atoms with Crippen LogP contribution in [0.2, 0.25) is 0 Å². The maximum Gasteiger partial charge on any atom is 0.224 e. The summed E-state index contributed by atoms with van der Waals surface area (Å²) in [5, 5.41) is 3.69. The molecule has 0 bridgehead atoms. The number of hydrogen-bond acceptors (Lipinski definition) is 3. The van der Waals surface area contributed by atoms with Crippen LogP contribution in [-0.4, -0.2) is 17.2 Å². The average Bonchev–Trinajstić information content (AvgIpc) is 2.85. The van der Waals surface area contributed by atoms with Crippen LogP contribution in [0.1, 0.15) is 50.7 Å². The largest absolute Gasteiger partial charge is 0.327 e. The van der Waals surface area contributed by atoms with Gasteiger partial charge >= 0.3 is 0 Å². The van der Waals surface area contributed by atoms with Crippen molar-refractivity contribution in [3.63, 3.8) is 0 Å². The number of nitrogens with one attached hydrogen (secondary N) is 1. The van der Waals surface area contributed by atoms with Gasteiger partial charge in [0.15, 0.2) is 0 Å². The van der Waals surface area contributed by atoms with E-state index in [4.69, 9.17) is 5.73 Å². The molecule has 0 radical (unpaired) electrons. The second-order valence-corrected chi connectivity index (χ2v) is 8.12. The highest BCUT2D eigenvalue weighted by molar-refractivity contribution is 7.99. The fourth-order valence-corrected chi connectivity index (χ4v) is 3.82. The lowest BCUT2D eigenvalue weighted by Gasteiger charge is -2.17. The fourth-order valence-electron chi connectivity index (χ4n) is 2.99. The molecule has 0 heterocycles. The molecule has 3 N–H and O–H groups in total. The topological polar surface area (TPSA) is 55.1 Å². The molecular weight excluding hydrogens is 292 g/mol. The minimum atomic E-state index is 0.0964. The van der Waals surface area contributed by atoms with E-state index in [1.165, 1.54) is 11.1 Å². The molecule has 2 atom stereocenters. The number of rotatable bonds is 6. The number of thioether (sulfide) groups is 1. The first-order valence-electron chi connectivity index (χ1n) is 8.23. The first kappa shape index (κ1) is 17.4. The molecule has 3 nitrogen and oxygen atoms in total. The van der Waals surface area contributed by atoms with Crippen molar-refractivity contribution in [3.8, 4) is 0 Å². The Kier molecular flexibility index (Phi) is 6.33. The predicted octanol–water partition coefficient (Wildman–Crippen LogP) is 4.09. The molecule has 22 heavy (non-hydrogen) atoms. The Morgan fingerprint density at radius 1 is 1.41 bits per heavy atom. The van der Waals surface area contributed by atoms with Crippen molar-refractivity contribution in [2.24, 2.45) is 11.7 Å². The number of nitrogens with two attached hydrogens (primary N) is 1. The minimum absolute atomic E-state index is 0.0964. The van der Waals surface area contributed by atoms with Crippen LogP contribution in [0.25, 0.3) is 0 Å². The van der Waals surface area contributed by atoms with Crippen LogP contribution in [0.15, 0.2) is 18.2 Å². The van der Waals surface area contributed by atoms with E-state index in [9.17, 15) is 4.79 Å². The van der Waals surface area contributed by atoms with E-state index < -0.39 is 0 Å². The smallest absolute Gasteiger partial charge is 0.224 e. The van der Waals surface area contributed by atoms with Crippen molar-refractivity contribution in [2.75, 3.05) is 5.32 Å². The van der Waals surface area contributed by atoms with Gasteiger partial charge in [-0.15, -0.1) is 0 Å². The van der Waals surface area contributed by atoms with Crippen molar-refractivity contribution in [1.82, 2.24) is 0 Å². The lowest BCUT2D eigenvalue weighted by molar-refractivity contribution is -0.117. The molecule has 1 saturated carbocycles. The van der Waals surface area contributed by atoms with E-state index >= 15 is 0 Å². The second kappa shape index (κ2) is 8.02. The molecule has 1 aromatic rings. The Labute approximate surface area is 138 Å². The number of carbonyl (C=O) groups excluding carboxylic acids is 1. The molecule has 122 valence electrons. The maximum absolute atomic E-state index is 12.3. The van der Waals surface area contributed by atoms with Crippen LogP contribution >= 0.6 is 11.8 Å². The van der Waals surface area contributed by atoms with Gasteiger partial charge < -0.3 is 11.1 Å². The molecule has 0 aromatic heterocycles. The quantitative estimate of drug-likeness (QED) is 0.830. The first-order valence-corrected chi connectivity index (χ1v) is 9.27. The van der Waals surface area contributed by atoms with Crippen LogP contribution in [0, 0.1) is 12.8 Å². The van der Waals surface area contributed by atoms with Gasteiger partial charge in [-0.1, -0.05) is 32.4 Å². The van der Waals surface area contributed by atoms with Crippen molar-refractivity contribution >= 4 is 23.4 Å². The normalized spacial score (nSPS) is 21.3. The Hall–Kier alpha value is -1.00. The van der Waals surface area contributed by atoms with Crippen LogP contribution in [0.4, 0.5) is 5.69 Å². The summed E-state index contributed by atoms with van der Waals surface area (Å²) in [7, 11) is 0. The van der Waals surface area contributed by atoms with E-state index in [1.807, 2.05) is 23.9 Å². The lowest BCUT2D eigenvalue weighted by atomic mass is 9.99. The molecule has 1 aliphatic carbocycles. The molecule has 0 unspecified atom stereocenters. The Morgan fingerprint density at radius 3 is 2.82 bits per heavy atom. The Morgan fingerprint density at radius 2 is 2.18 bits per heavy atom. The summed E-state index contributed by atoms with van der Waals surface area (Å²) in [6, 6.07) is 6.36. The number of benzene rings is 1.